The van der Waals surface area contributed by atoms with Gasteiger partial charge < -0.3 is 15.0 Å². The van der Waals surface area contributed by atoms with Crippen LogP contribution in [0, 0.1) is 12.3 Å². The molecule has 6 nitrogen and oxygen atoms in total. The van der Waals surface area contributed by atoms with Crippen molar-refractivity contribution < 1.29 is 9.53 Å². The van der Waals surface area contributed by atoms with Gasteiger partial charge in [0.25, 0.3) is 5.91 Å². The topological polar surface area (TPSA) is 67.3 Å². The molecule has 0 saturated carbocycles. The summed E-state index contributed by atoms with van der Waals surface area (Å²) in [4.78, 5) is 24.5. The Kier molecular flexibility index (Phi) is 7.08. The number of benzene rings is 1. The molecule has 2 aromatic rings. The molecule has 1 aliphatic heterocycles. The Morgan fingerprint density at radius 1 is 1.33 bits per heavy atom. The number of hydrogen-bond acceptors (Lipinski definition) is 5. The largest absolute Gasteiger partial charge is 0.497 e. The summed E-state index contributed by atoms with van der Waals surface area (Å²) in [7, 11) is 1.63. The van der Waals surface area contributed by atoms with Crippen LogP contribution in [-0.2, 0) is 6.54 Å². The fourth-order valence-corrected chi connectivity index (χ4v) is 4.05. The maximum Gasteiger partial charge on any atom is 0.254 e. The summed E-state index contributed by atoms with van der Waals surface area (Å²) < 4.78 is 5.23. The van der Waals surface area contributed by atoms with E-state index in [0.717, 1.165) is 55.3 Å². The first kappa shape index (κ1) is 22.2. The van der Waals surface area contributed by atoms with Gasteiger partial charge in [-0.1, -0.05) is 32.9 Å². The van der Waals surface area contributed by atoms with Crippen molar-refractivity contribution in [2.75, 3.05) is 26.7 Å². The van der Waals surface area contributed by atoms with Gasteiger partial charge in [-0.15, -0.1) is 0 Å². The molecule has 1 aromatic carbocycles. The highest BCUT2D eigenvalue weighted by Crippen LogP contribution is 2.27. The highest BCUT2D eigenvalue weighted by molar-refractivity contribution is 5.94. The van der Waals surface area contributed by atoms with E-state index in [1.807, 2.05) is 31.2 Å². The van der Waals surface area contributed by atoms with Crippen molar-refractivity contribution in [2.45, 2.75) is 53.0 Å². The smallest absolute Gasteiger partial charge is 0.254 e. The van der Waals surface area contributed by atoms with E-state index in [1.165, 1.54) is 0 Å². The zero-order valence-electron chi connectivity index (χ0n) is 18.9. The van der Waals surface area contributed by atoms with Crippen molar-refractivity contribution in [3.63, 3.8) is 0 Å². The lowest BCUT2D eigenvalue weighted by molar-refractivity contribution is 0.0949. The van der Waals surface area contributed by atoms with Crippen LogP contribution >= 0.6 is 0 Å². The van der Waals surface area contributed by atoms with Gasteiger partial charge in [-0.25, -0.2) is 9.97 Å². The van der Waals surface area contributed by atoms with E-state index in [0.29, 0.717) is 18.0 Å². The zero-order valence-corrected chi connectivity index (χ0v) is 18.9. The summed E-state index contributed by atoms with van der Waals surface area (Å²) in [5, 5.41) is 2.96. The van der Waals surface area contributed by atoms with Crippen molar-refractivity contribution in [2.24, 2.45) is 5.41 Å². The highest BCUT2D eigenvalue weighted by atomic mass is 16.5. The third-order valence-electron chi connectivity index (χ3n) is 5.40. The molecule has 0 unspecified atom stereocenters. The second-order valence-corrected chi connectivity index (χ2v) is 9.40. The van der Waals surface area contributed by atoms with Crippen LogP contribution in [0.4, 0.5) is 0 Å². The molecule has 0 bridgehead atoms. The van der Waals surface area contributed by atoms with Crippen molar-refractivity contribution in [3.05, 3.63) is 53.1 Å². The predicted molar refractivity (Wildman–Crippen MR) is 119 cm³/mol. The van der Waals surface area contributed by atoms with E-state index in [9.17, 15) is 4.79 Å². The molecule has 1 aromatic heterocycles. The number of likely N-dealkylation sites (tertiary alicyclic amines) is 1. The van der Waals surface area contributed by atoms with Gasteiger partial charge in [-0.05, 0) is 49.4 Å². The lowest BCUT2D eigenvalue weighted by atomic mass is 9.92. The number of aryl methyl sites for hydroxylation is 1. The normalized spacial score (nSPS) is 17.6. The first-order valence-corrected chi connectivity index (χ1v) is 10.7. The van der Waals surface area contributed by atoms with Crippen LogP contribution in [0.25, 0.3) is 0 Å². The predicted octanol–water partition coefficient (Wildman–Crippen LogP) is 3.95. The van der Waals surface area contributed by atoms with Crippen LogP contribution in [-0.4, -0.2) is 47.5 Å². The van der Waals surface area contributed by atoms with E-state index < -0.39 is 0 Å². The molecule has 1 N–H and O–H groups in total. The monoisotopic (exact) mass is 410 g/mol. The maximum atomic E-state index is 12.7. The Labute approximate surface area is 180 Å². The third kappa shape index (κ3) is 6.02. The van der Waals surface area contributed by atoms with E-state index in [2.05, 4.69) is 36.0 Å². The number of rotatable bonds is 6. The van der Waals surface area contributed by atoms with Crippen molar-refractivity contribution in [1.29, 1.82) is 0 Å². The molecule has 30 heavy (non-hydrogen) atoms. The maximum absolute atomic E-state index is 12.7. The molecule has 1 amide bonds. The van der Waals surface area contributed by atoms with Gasteiger partial charge in [0.1, 0.15) is 11.6 Å². The van der Waals surface area contributed by atoms with E-state index in [1.54, 1.807) is 13.3 Å². The number of nitrogens with one attached hydrogen (secondary N) is 1. The molecule has 1 saturated heterocycles. The van der Waals surface area contributed by atoms with Gasteiger partial charge >= 0.3 is 0 Å². The molecule has 1 aliphatic rings. The van der Waals surface area contributed by atoms with Gasteiger partial charge in [0.2, 0.25) is 0 Å². The Bertz CT molecular complexity index is 876. The second-order valence-electron chi connectivity index (χ2n) is 9.40. The molecule has 0 spiro atoms. The molecule has 2 heterocycles. The van der Waals surface area contributed by atoms with Crippen LogP contribution in [0.2, 0.25) is 0 Å². The number of amides is 1. The SMILES string of the molecule is COc1cccc(CNC(=O)c2cnc([C@@H]3CCCN(CC(C)(C)C)C3)nc2C)c1. The molecular formula is C24H34N4O2. The molecule has 3 rings (SSSR count). The average molecular weight is 411 g/mol. The van der Waals surface area contributed by atoms with Crippen molar-refractivity contribution in [1.82, 2.24) is 20.2 Å². The Morgan fingerprint density at radius 3 is 2.83 bits per heavy atom. The quantitative estimate of drug-likeness (QED) is 0.781. The fourth-order valence-electron chi connectivity index (χ4n) is 4.05. The standard InChI is InChI=1S/C24H34N4O2/c1-17-21(23(29)26-13-18-8-6-10-20(12-18)30-5)14-25-22(27-17)19-9-7-11-28(15-19)16-24(2,3)4/h6,8,10,12,14,19H,7,9,11,13,15-16H2,1-5H3,(H,26,29)/t19-/m1/s1. The van der Waals surface area contributed by atoms with E-state index in [-0.39, 0.29) is 11.3 Å². The minimum absolute atomic E-state index is 0.153. The summed E-state index contributed by atoms with van der Waals surface area (Å²) in [5.41, 5.74) is 2.53. The van der Waals surface area contributed by atoms with Gasteiger partial charge in [0, 0.05) is 31.7 Å². The number of carbonyl (C=O) groups excluding carboxylic acids is 1. The van der Waals surface area contributed by atoms with Crippen LogP contribution in [0.5, 0.6) is 5.75 Å². The minimum atomic E-state index is -0.153. The summed E-state index contributed by atoms with van der Waals surface area (Å²) >= 11 is 0. The summed E-state index contributed by atoms with van der Waals surface area (Å²) in [6.07, 6.45) is 3.94. The molecule has 1 fully saturated rings. The Morgan fingerprint density at radius 2 is 2.13 bits per heavy atom. The molecule has 1 atom stereocenters. The Hall–Kier alpha value is -2.47. The average Bonchev–Trinajstić information content (AvgIpc) is 2.71. The molecular weight excluding hydrogens is 376 g/mol. The van der Waals surface area contributed by atoms with Gasteiger partial charge in [0.15, 0.2) is 0 Å². The summed E-state index contributed by atoms with van der Waals surface area (Å²) in [6.45, 7) is 12.3. The van der Waals surface area contributed by atoms with E-state index in [4.69, 9.17) is 9.72 Å². The number of methoxy groups -OCH3 is 1. The lowest BCUT2D eigenvalue weighted by Gasteiger charge is -2.36. The summed E-state index contributed by atoms with van der Waals surface area (Å²) in [5.74, 6) is 1.81. The molecule has 162 valence electrons. The van der Waals surface area contributed by atoms with Crippen molar-refractivity contribution in [3.8, 4) is 5.75 Å². The molecule has 6 heteroatoms. The second kappa shape index (κ2) is 9.56. The number of aromatic nitrogens is 2. The fraction of sp³-hybridized carbons (Fsp3) is 0.542. The first-order chi connectivity index (χ1) is 14.2. The van der Waals surface area contributed by atoms with Gasteiger partial charge in [-0.2, -0.15) is 0 Å². The third-order valence-corrected chi connectivity index (χ3v) is 5.40. The molecule has 0 radical (unpaired) electrons. The highest BCUT2D eigenvalue weighted by Gasteiger charge is 2.26. The number of ether oxygens (including phenoxy) is 1. The molecule has 0 aliphatic carbocycles. The van der Waals surface area contributed by atoms with Gasteiger partial charge in [0.05, 0.1) is 18.4 Å². The number of hydrogen-bond donors (Lipinski definition) is 1. The Balaban J connectivity index is 1.63. The number of nitrogens with zero attached hydrogens (tertiary/aromatic N) is 3. The first-order valence-electron chi connectivity index (χ1n) is 10.7. The zero-order chi connectivity index (χ0) is 21.7. The van der Waals surface area contributed by atoms with Crippen LogP contribution in [0.15, 0.2) is 30.5 Å². The van der Waals surface area contributed by atoms with Crippen LogP contribution < -0.4 is 10.1 Å². The number of piperidine rings is 1. The van der Waals surface area contributed by atoms with Crippen molar-refractivity contribution >= 4 is 5.91 Å². The van der Waals surface area contributed by atoms with Gasteiger partial charge in [-0.3, -0.25) is 4.79 Å². The van der Waals surface area contributed by atoms with Crippen LogP contribution in [0.3, 0.4) is 0 Å². The summed E-state index contributed by atoms with van der Waals surface area (Å²) in [6, 6.07) is 7.67. The van der Waals surface area contributed by atoms with E-state index >= 15 is 0 Å². The lowest BCUT2D eigenvalue weighted by Crippen LogP contribution is -2.40. The minimum Gasteiger partial charge on any atom is -0.497 e. The van der Waals surface area contributed by atoms with Crippen LogP contribution in [0.1, 0.15) is 67.0 Å². The number of carbonyl (C=O) groups is 1.